The number of nitrogens with zero attached hydrogens (tertiary/aromatic N) is 3. The molecule has 41 heavy (non-hydrogen) atoms. The van der Waals surface area contributed by atoms with Gasteiger partial charge in [0.1, 0.15) is 5.69 Å². The maximum Gasteiger partial charge on any atom is 0.416 e. The number of imidazole rings is 1. The van der Waals surface area contributed by atoms with Crippen LogP contribution in [0, 0.1) is 18.8 Å². The van der Waals surface area contributed by atoms with E-state index in [9.17, 15) is 22.8 Å². The van der Waals surface area contributed by atoms with Crippen LogP contribution >= 0.6 is 0 Å². The molecule has 0 spiro atoms. The average Bonchev–Trinajstić information content (AvgIpc) is 3.37. The van der Waals surface area contributed by atoms with E-state index in [0.29, 0.717) is 36.3 Å². The highest BCUT2D eigenvalue weighted by Crippen LogP contribution is 2.35. The zero-order chi connectivity index (χ0) is 29.2. The number of benzene rings is 2. The summed E-state index contributed by atoms with van der Waals surface area (Å²) in [6.45, 7) is 2.46. The summed E-state index contributed by atoms with van der Waals surface area (Å²) < 4.78 is 43.2. The fraction of sp³-hybridized carbons (Fsp3) is 0.290. The molecule has 2 aromatic heterocycles. The van der Waals surface area contributed by atoms with E-state index in [1.807, 2.05) is 13.0 Å². The summed E-state index contributed by atoms with van der Waals surface area (Å²) in [5.74, 6) is 5.54. The van der Waals surface area contributed by atoms with Gasteiger partial charge in [0.2, 0.25) is 6.41 Å². The molecule has 4 aromatic rings. The first-order valence-corrected chi connectivity index (χ1v) is 13.4. The summed E-state index contributed by atoms with van der Waals surface area (Å²) in [7, 11) is 0. The van der Waals surface area contributed by atoms with E-state index >= 15 is 0 Å². The van der Waals surface area contributed by atoms with Crippen LogP contribution < -0.4 is 10.6 Å². The van der Waals surface area contributed by atoms with Crippen molar-refractivity contribution in [3.8, 4) is 11.8 Å². The van der Waals surface area contributed by atoms with Gasteiger partial charge in [-0.1, -0.05) is 37.3 Å². The van der Waals surface area contributed by atoms with Crippen LogP contribution in [0.25, 0.3) is 5.65 Å². The third-order valence-corrected chi connectivity index (χ3v) is 6.63. The number of aryl methyl sites for hydroxylation is 2. The minimum atomic E-state index is -4.55. The van der Waals surface area contributed by atoms with Crippen LogP contribution in [0.15, 0.2) is 60.9 Å². The average molecular weight is 562 g/mol. The van der Waals surface area contributed by atoms with Gasteiger partial charge in [0.05, 0.1) is 11.8 Å². The molecule has 2 amide bonds. The number of amides is 2. The largest absolute Gasteiger partial charge is 0.416 e. The number of carbonyl (C=O) groups is 2. The van der Waals surface area contributed by atoms with Gasteiger partial charge in [0.15, 0.2) is 5.65 Å². The zero-order valence-electron chi connectivity index (χ0n) is 22.6. The fourth-order valence-electron chi connectivity index (χ4n) is 4.41. The van der Waals surface area contributed by atoms with Crippen molar-refractivity contribution in [2.45, 2.75) is 51.6 Å². The molecule has 0 aliphatic heterocycles. The number of unbranched alkanes of at least 4 members (excludes halogenated alkanes) is 4. The van der Waals surface area contributed by atoms with E-state index in [0.717, 1.165) is 37.3 Å². The minimum absolute atomic E-state index is 0.0683. The van der Waals surface area contributed by atoms with Gasteiger partial charge in [-0.05, 0) is 79.6 Å². The number of fused-ring (bicyclic) bond motifs is 1. The lowest BCUT2D eigenvalue weighted by Crippen LogP contribution is -2.15. The van der Waals surface area contributed by atoms with Crippen LogP contribution in [0.4, 0.5) is 18.9 Å². The maximum absolute atomic E-state index is 13.9. The molecule has 2 aromatic carbocycles. The molecule has 0 bridgehead atoms. The van der Waals surface area contributed by atoms with Crippen LogP contribution in [-0.4, -0.2) is 33.5 Å². The third-order valence-electron chi connectivity index (χ3n) is 6.63. The summed E-state index contributed by atoms with van der Waals surface area (Å²) >= 11 is 0. The number of anilines is 1. The van der Waals surface area contributed by atoms with Crippen molar-refractivity contribution in [2.24, 2.45) is 0 Å². The lowest BCUT2D eigenvalue weighted by molar-refractivity contribution is -0.138. The zero-order valence-corrected chi connectivity index (χ0v) is 22.6. The van der Waals surface area contributed by atoms with E-state index in [4.69, 9.17) is 0 Å². The van der Waals surface area contributed by atoms with E-state index in [1.54, 1.807) is 41.2 Å². The minimum Gasteiger partial charge on any atom is -0.359 e. The van der Waals surface area contributed by atoms with Gasteiger partial charge < -0.3 is 10.6 Å². The Kier molecular flexibility index (Phi) is 9.74. The molecule has 0 radical (unpaired) electrons. The van der Waals surface area contributed by atoms with Crippen LogP contribution in [0.3, 0.4) is 0 Å². The van der Waals surface area contributed by atoms with Crippen LogP contribution in [-0.2, 0) is 17.4 Å². The fourth-order valence-corrected chi connectivity index (χ4v) is 4.41. The maximum atomic E-state index is 13.9. The highest BCUT2D eigenvalue weighted by Gasteiger charge is 2.33. The number of alkyl halides is 3. The van der Waals surface area contributed by atoms with Crippen molar-refractivity contribution in [3.05, 3.63) is 94.4 Å². The normalized spacial score (nSPS) is 11.1. The smallest absolute Gasteiger partial charge is 0.359 e. The van der Waals surface area contributed by atoms with Gasteiger partial charge in [0.25, 0.3) is 5.91 Å². The summed E-state index contributed by atoms with van der Waals surface area (Å²) in [5.41, 5.74) is 2.49. The second-order valence-corrected chi connectivity index (χ2v) is 9.63. The SMILES string of the molecule is Cc1ccc(C(=O)Nc2ccc(CCCCCCCNC=O)c(C(F)(F)F)c2)cc1C#Cc1cnc2cccnn12. The van der Waals surface area contributed by atoms with Crippen molar-refractivity contribution in [2.75, 3.05) is 11.9 Å². The first-order chi connectivity index (χ1) is 19.8. The van der Waals surface area contributed by atoms with Gasteiger partial charge in [-0.25, -0.2) is 9.50 Å². The van der Waals surface area contributed by atoms with E-state index in [1.165, 1.54) is 12.1 Å². The Hall–Kier alpha value is -4.65. The predicted octanol–water partition coefficient (Wildman–Crippen LogP) is 5.95. The Morgan fingerprint density at radius 2 is 1.83 bits per heavy atom. The molecule has 0 unspecified atom stereocenters. The number of aromatic nitrogens is 3. The summed E-state index contributed by atoms with van der Waals surface area (Å²) in [6, 6.07) is 12.5. The molecule has 0 saturated carbocycles. The van der Waals surface area contributed by atoms with E-state index in [-0.39, 0.29) is 23.2 Å². The molecule has 2 heterocycles. The van der Waals surface area contributed by atoms with Crippen LogP contribution in [0.1, 0.15) is 70.4 Å². The van der Waals surface area contributed by atoms with Gasteiger partial charge in [0, 0.05) is 29.6 Å². The number of hydrogen-bond donors (Lipinski definition) is 2. The number of carbonyl (C=O) groups excluding carboxylic acids is 2. The number of nitrogens with one attached hydrogen (secondary N) is 2. The molecular formula is C31H30F3N5O2. The van der Waals surface area contributed by atoms with Gasteiger partial charge >= 0.3 is 6.18 Å². The summed E-state index contributed by atoms with van der Waals surface area (Å²) in [5, 5.41) is 9.42. The number of rotatable bonds is 11. The second kappa shape index (κ2) is 13.6. The van der Waals surface area contributed by atoms with E-state index in [2.05, 4.69) is 32.6 Å². The summed E-state index contributed by atoms with van der Waals surface area (Å²) in [4.78, 5) is 27.5. The summed E-state index contributed by atoms with van der Waals surface area (Å²) in [6.07, 6.45) is 3.68. The first-order valence-electron chi connectivity index (χ1n) is 13.4. The van der Waals surface area contributed by atoms with Crippen LogP contribution in [0.2, 0.25) is 0 Å². The molecule has 2 N–H and O–H groups in total. The third kappa shape index (κ3) is 7.94. The van der Waals surface area contributed by atoms with Crippen molar-refractivity contribution in [1.82, 2.24) is 19.9 Å². The Labute approximate surface area is 236 Å². The molecule has 4 rings (SSSR count). The van der Waals surface area contributed by atoms with Gasteiger partial charge in [-0.2, -0.15) is 18.3 Å². The lowest BCUT2D eigenvalue weighted by Gasteiger charge is -2.15. The molecule has 0 fully saturated rings. The molecular weight excluding hydrogens is 531 g/mol. The Bertz CT molecular complexity index is 1580. The Morgan fingerprint density at radius 3 is 2.63 bits per heavy atom. The number of halogens is 3. The standard InChI is InChI=1S/C31H30F3N5O2/c1-22-10-11-25(18-24(22)13-15-27-20-36-29-9-7-17-37-39(27)29)30(41)38-26-14-12-23(28(19-26)31(32,33)34)8-5-3-2-4-6-16-35-21-40/h7,9-12,14,17-21H,2-6,8,16H2,1H3,(H,35,40)(H,38,41). The molecule has 212 valence electrons. The first kappa shape index (κ1) is 29.3. The highest BCUT2D eigenvalue weighted by molar-refractivity contribution is 6.04. The molecule has 0 aliphatic rings. The highest BCUT2D eigenvalue weighted by atomic mass is 19.4. The van der Waals surface area contributed by atoms with E-state index < -0.39 is 17.6 Å². The number of hydrogen-bond acceptors (Lipinski definition) is 4. The monoisotopic (exact) mass is 561 g/mol. The van der Waals surface area contributed by atoms with Crippen molar-refractivity contribution >= 4 is 23.7 Å². The molecule has 0 saturated heterocycles. The van der Waals surface area contributed by atoms with Crippen molar-refractivity contribution in [1.29, 1.82) is 0 Å². The Balaban J connectivity index is 1.43. The quantitative estimate of drug-likeness (QED) is 0.135. The topological polar surface area (TPSA) is 88.4 Å². The second-order valence-electron chi connectivity index (χ2n) is 9.63. The molecule has 0 aliphatic carbocycles. The predicted molar refractivity (Wildman–Crippen MR) is 150 cm³/mol. The van der Waals surface area contributed by atoms with Gasteiger partial charge in [-0.15, -0.1) is 0 Å². The Morgan fingerprint density at radius 1 is 1.02 bits per heavy atom. The van der Waals surface area contributed by atoms with Crippen molar-refractivity contribution < 1.29 is 22.8 Å². The van der Waals surface area contributed by atoms with Crippen molar-refractivity contribution in [3.63, 3.8) is 0 Å². The van der Waals surface area contributed by atoms with Crippen LogP contribution in [0.5, 0.6) is 0 Å². The molecule has 10 heteroatoms. The lowest BCUT2D eigenvalue weighted by atomic mass is 9.99. The van der Waals surface area contributed by atoms with Gasteiger partial charge in [-0.3, -0.25) is 9.59 Å². The molecule has 7 nitrogen and oxygen atoms in total. The molecule has 0 atom stereocenters.